The smallest absolute Gasteiger partial charge is 0.421 e. The zero-order chi connectivity index (χ0) is 18.6. The number of ether oxygens (including phenoxy) is 1. The first-order valence-electron chi connectivity index (χ1n) is 8.36. The average molecular weight is 368 g/mol. The van der Waals surface area contributed by atoms with Gasteiger partial charge in [-0.2, -0.15) is 23.3 Å². The first-order chi connectivity index (χ1) is 12.2. The Morgan fingerprint density at radius 2 is 2.08 bits per heavy atom. The van der Waals surface area contributed by atoms with Gasteiger partial charge in [0.2, 0.25) is 5.95 Å². The summed E-state index contributed by atoms with van der Waals surface area (Å²) in [6.07, 6.45) is -3.68. The van der Waals surface area contributed by atoms with E-state index in [-0.39, 0.29) is 23.6 Å². The van der Waals surface area contributed by atoms with Crippen molar-refractivity contribution in [2.24, 2.45) is 18.9 Å². The highest BCUT2D eigenvalue weighted by Gasteiger charge is 2.40. The van der Waals surface area contributed by atoms with Crippen LogP contribution in [0.2, 0.25) is 0 Å². The molecular formula is C16H19F3N6O. The van der Waals surface area contributed by atoms with E-state index in [1.807, 2.05) is 13.8 Å². The van der Waals surface area contributed by atoms with E-state index < -0.39 is 11.7 Å². The van der Waals surface area contributed by atoms with E-state index in [4.69, 9.17) is 4.74 Å². The van der Waals surface area contributed by atoms with Crippen LogP contribution < -0.4 is 15.0 Å². The Morgan fingerprint density at radius 1 is 1.31 bits per heavy atom. The Morgan fingerprint density at radius 3 is 2.81 bits per heavy atom. The van der Waals surface area contributed by atoms with Gasteiger partial charge in [0.25, 0.3) is 0 Å². The summed E-state index contributed by atoms with van der Waals surface area (Å²) in [6.45, 7) is 5.19. The zero-order valence-corrected chi connectivity index (χ0v) is 14.6. The molecule has 4 heterocycles. The standard InChI is InChI=1S/C16H19F3N6O/c1-8-5-25-6-10(8)7-26-12-9(2)23-24(3)14(12)22-15-20-4-11(13(25)21-15)16(17,18)19/h4,8,10H,5-7H2,1-3H3,(H,20,21,22)/t8-,10+/m1/s1. The first-order valence-corrected chi connectivity index (χ1v) is 8.36. The monoisotopic (exact) mass is 368 g/mol. The maximum Gasteiger partial charge on any atom is 0.421 e. The van der Waals surface area contributed by atoms with Crippen molar-refractivity contribution < 1.29 is 17.9 Å². The van der Waals surface area contributed by atoms with Crippen LogP contribution in [-0.4, -0.2) is 39.4 Å². The molecule has 26 heavy (non-hydrogen) atoms. The van der Waals surface area contributed by atoms with Crippen LogP contribution in [0.1, 0.15) is 18.2 Å². The topological polar surface area (TPSA) is 68.1 Å². The summed E-state index contributed by atoms with van der Waals surface area (Å²) in [4.78, 5) is 9.73. The second kappa shape index (κ2) is 5.75. The van der Waals surface area contributed by atoms with Crippen molar-refractivity contribution in [3.63, 3.8) is 0 Å². The lowest BCUT2D eigenvalue weighted by Crippen LogP contribution is -2.26. The fraction of sp³-hybridized carbons (Fsp3) is 0.562. The summed E-state index contributed by atoms with van der Waals surface area (Å²) in [5, 5.41) is 7.28. The van der Waals surface area contributed by atoms with Gasteiger partial charge in [-0.1, -0.05) is 6.92 Å². The number of aryl methyl sites for hydroxylation is 2. The van der Waals surface area contributed by atoms with E-state index in [9.17, 15) is 13.2 Å². The number of nitrogens with one attached hydrogen (secondary N) is 1. The molecule has 2 aromatic heterocycles. The molecule has 4 bridgehead atoms. The fourth-order valence-electron chi connectivity index (χ4n) is 3.54. The number of halogens is 3. The largest absolute Gasteiger partial charge is 0.487 e. The molecule has 140 valence electrons. The molecule has 0 aromatic carbocycles. The van der Waals surface area contributed by atoms with Gasteiger partial charge in [-0.3, -0.25) is 0 Å². The number of aromatic nitrogens is 4. The summed E-state index contributed by atoms with van der Waals surface area (Å²) in [5.74, 6) is 1.37. The van der Waals surface area contributed by atoms with E-state index in [1.54, 1.807) is 16.6 Å². The van der Waals surface area contributed by atoms with E-state index >= 15 is 0 Å². The predicted octanol–water partition coefficient (Wildman–Crippen LogP) is 2.75. The maximum absolute atomic E-state index is 13.4. The number of hydrogen-bond acceptors (Lipinski definition) is 6. The molecule has 10 heteroatoms. The molecule has 1 N–H and O–H groups in total. The summed E-state index contributed by atoms with van der Waals surface area (Å²) in [7, 11) is 1.73. The zero-order valence-electron chi connectivity index (χ0n) is 14.6. The molecule has 2 aliphatic heterocycles. The van der Waals surface area contributed by atoms with Gasteiger partial charge in [-0.15, -0.1) is 0 Å². The number of alkyl halides is 3. The average Bonchev–Trinajstić information content (AvgIpc) is 3.04. The van der Waals surface area contributed by atoms with Gasteiger partial charge in [0.1, 0.15) is 17.1 Å². The Hall–Kier alpha value is -2.52. The molecule has 0 spiro atoms. The van der Waals surface area contributed by atoms with Crippen LogP contribution in [0.15, 0.2) is 6.20 Å². The molecule has 0 saturated carbocycles. The maximum atomic E-state index is 13.4. The predicted molar refractivity (Wildman–Crippen MR) is 88.6 cm³/mol. The van der Waals surface area contributed by atoms with Crippen LogP contribution in [0.3, 0.4) is 0 Å². The Labute approximate surface area is 148 Å². The number of anilines is 3. The van der Waals surface area contributed by atoms with Crippen LogP contribution in [0, 0.1) is 18.8 Å². The van der Waals surface area contributed by atoms with Gasteiger partial charge in [0.15, 0.2) is 11.6 Å². The third-order valence-electron chi connectivity index (χ3n) is 4.98. The lowest BCUT2D eigenvalue weighted by molar-refractivity contribution is -0.137. The molecule has 0 radical (unpaired) electrons. The SMILES string of the molecule is Cc1nn(C)c2c1OC[C@@H]1CN(C[C@H]1C)c1nc(ncc1C(F)(F)F)N2. The third-order valence-corrected chi connectivity index (χ3v) is 4.98. The van der Waals surface area contributed by atoms with Crippen LogP contribution >= 0.6 is 0 Å². The highest BCUT2D eigenvalue weighted by Crippen LogP contribution is 2.40. The second-order valence-electron chi connectivity index (χ2n) is 6.89. The van der Waals surface area contributed by atoms with E-state index in [0.29, 0.717) is 37.0 Å². The van der Waals surface area contributed by atoms with E-state index in [1.165, 1.54) is 0 Å². The summed E-state index contributed by atoms with van der Waals surface area (Å²) < 4.78 is 47.9. The molecule has 2 aromatic rings. The van der Waals surface area contributed by atoms with Gasteiger partial charge in [-0.25, -0.2) is 9.67 Å². The van der Waals surface area contributed by atoms with Gasteiger partial charge in [-0.05, 0) is 12.8 Å². The van der Waals surface area contributed by atoms with Crippen LogP contribution in [0.4, 0.5) is 30.8 Å². The number of fused-ring (bicyclic) bond motifs is 6. The molecule has 0 unspecified atom stereocenters. The summed E-state index contributed by atoms with van der Waals surface area (Å²) in [6, 6.07) is 0. The summed E-state index contributed by atoms with van der Waals surface area (Å²) >= 11 is 0. The van der Waals surface area contributed by atoms with E-state index in [2.05, 4.69) is 20.4 Å². The minimum absolute atomic E-state index is 0.0823. The van der Waals surface area contributed by atoms with Crippen LogP contribution in [0.25, 0.3) is 0 Å². The molecular weight excluding hydrogens is 349 g/mol. The van der Waals surface area contributed by atoms with Crippen molar-refractivity contribution in [2.75, 3.05) is 29.9 Å². The highest BCUT2D eigenvalue weighted by molar-refractivity contribution is 5.62. The van der Waals surface area contributed by atoms with Gasteiger partial charge in [0, 0.05) is 32.3 Å². The van der Waals surface area contributed by atoms with E-state index in [0.717, 1.165) is 6.20 Å². The van der Waals surface area contributed by atoms with Crippen molar-refractivity contribution >= 4 is 17.6 Å². The molecule has 1 saturated heterocycles. The molecule has 7 nitrogen and oxygen atoms in total. The quantitative estimate of drug-likeness (QED) is 0.771. The number of hydrogen-bond donors (Lipinski definition) is 1. The molecule has 0 aliphatic carbocycles. The van der Waals surface area contributed by atoms with Crippen molar-refractivity contribution in [1.82, 2.24) is 19.7 Å². The highest BCUT2D eigenvalue weighted by atomic mass is 19.4. The fourth-order valence-corrected chi connectivity index (χ4v) is 3.54. The number of nitrogens with zero attached hydrogens (tertiary/aromatic N) is 5. The van der Waals surface area contributed by atoms with Crippen molar-refractivity contribution in [3.05, 3.63) is 17.5 Å². The van der Waals surface area contributed by atoms with Crippen LogP contribution in [-0.2, 0) is 13.2 Å². The lowest BCUT2D eigenvalue weighted by Gasteiger charge is -2.22. The molecule has 4 rings (SSSR count). The third kappa shape index (κ3) is 2.73. The molecule has 2 aliphatic rings. The molecule has 2 atom stereocenters. The van der Waals surface area contributed by atoms with Gasteiger partial charge >= 0.3 is 6.18 Å². The Balaban J connectivity index is 1.86. The van der Waals surface area contributed by atoms with Crippen molar-refractivity contribution in [1.29, 1.82) is 0 Å². The summed E-state index contributed by atoms with van der Waals surface area (Å²) in [5.41, 5.74) is -0.124. The molecule has 0 amide bonds. The second-order valence-corrected chi connectivity index (χ2v) is 6.89. The van der Waals surface area contributed by atoms with Crippen molar-refractivity contribution in [3.8, 4) is 5.75 Å². The van der Waals surface area contributed by atoms with Gasteiger partial charge in [0.05, 0.1) is 6.61 Å². The minimum atomic E-state index is -4.51. The van der Waals surface area contributed by atoms with Gasteiger partial charge < -0.3 is 15.0 Å². The Bertz CT molecular complexity index is 849. The number of rotatable bonds is 0. The lowest BCUT2D eigenvalue weighted by atomic mass is 9.99. The first kappa shape index (κ1) is 16.9. The van der Waals surface area contributed by atoms with Crippen LogP contribution in [0.5, 0.6) is 5.75 Å². The Kier molecular flexibility index (Phi) is 3.74. The van der Waals surface area contributed by atoms with Crippen molar-refractivity contribution in [2.45, 2.75) is 20.0 Å². The normalized spacial score (nSPS) is 22.3. The minimum Gasteiger partial charge on any atom is -0.487 e. The molecule has 1 fully saturated rings.